The summed E-state index contributed by atoms with van der Waals surface area (Å²) in [7, 11) is 1.26. The molecule has 1 unspecified atom stereocenters. The molecule has 7 heteroatoms. The molecular weight excluding hydrogens is 382 g/mol. The van der Waals surface area contributed by atoms with Crippen LogP contribution in [-0.4, -0.2) is 31.4 Å². The van der Waals surface area contributed by atoms with Gasteiger partial charge in [0.15, 0.2) is 0 Å². The lowest BCUT2D eigenvalue weighted by atomic mass is 9.98. The molecule has 0 spiro atoms. The molecule has 2 aromatic rings. The molecule has 2 aromatic carbocycles. The van der Waals surface area contributed by atoms with Crippen LogP contribution in [0.25, 0.3) is 0 Å². The molecule has 2 aliphatic rings. The predicted octanol–water partition coefficient (Wildman–Crippen LogP) is 4.44. The van der Waals surface area contributed by atoms with Gasteiger partial charge in [-0.25, -0.2) is 0 Å². The van der Waals surface area contributed by atoms with Crippen molar-refractivity contribution in [3.05, 3.63) is 58.7 Å². The van der Waals surface area contributed by atoms with E-state index < -0.39 is 18.5 Å². The standard InChI is InChI=1S/C22H22F2O5/c1-27-12-22(23,24)18-4-2-3-17-16(18)7-8-19(17)29-14-5-6-15-13(9-21(25)26)11-28-20(15)10-14/h2-6,10,13,19H,7-9,11-12H2,1H3,(H,25,26)/t13?,19-/m1/s1. The van der Waals surface area contributed by atoms with Crippen molar-refractivity contribution in [2.24, 2.45) is 0 Å². The number of carboxylic acids is 1. The lowest BCUT2D eigenvalue weighted by molar-refractivity contribution is -0.137. The third kappa shape index (κ3) is 3.79. The van der Waals surface area contributed by atoms with Crippen molar-refractivity contribution >= 4 is 5.97 Å². The molecule has 0 amide bonds. The van der Waals surface area contributed by atoms with Crippen LogP contribution < -0.4 is 9.47 Å². The van der Waals surface area contributed by atoms with Gasteiger partial charge < -0.3 is 19.3 Å². The van der Waals surface area contributed by atoms with Crippen molar-refractivity contribution in [2.45, 2.75) is 37.2 Å². The molecule has 1 heterocycles. The summed E-state index contributed by atoms with van der Waals surface area (Å²) in [6.45, 7) is -0.329. The van der Waals surface area contributed by atoms with Crippen LogP contribution in [0, 0.1) is 0 Å². The van der Waals surface area contributed by atoms with Gasteiger partial charge in [0, 0.05) is 30.2 Å². The Kier molecular flexibility index (Phi) is 5.17. The molecule has 1 N–H and O–H groups in total. The van der Waals surface area contributed by atoms with Crippen LogP contribution >= 0.6 is 0 Å². The summed E-state index contributed by atoms with van der Waals surface area (Å²) in [5.74, 6) is -2.89. The van der Waals surface area contributed by atoms with Crippen LogP contribution in [0.5, 0.6) is 11.5 Å². The van der Waals surface area contributed by atoms with E-state index in [1.54, 1.807) is 18.2 Å². The smallest absolute Gasteiger partial charge is 0.304 e. The molecule has 1 aliphatic heterocycles. The zero-order valence-electron chi connectivity index (χ0n) is 16.0. The fourth-order valence-electron chi connectivity index (χ4n) is 4.21. The fourth-order valence-corrected chi connectivity index (χ4v) is 4.21. The summed E-state index contributed by atoms with van der Waals surface area (Å²) in [6.07, 6.45) is 0.811. The molecule has 0 saturated carbocycles. The van der Waals surface area contributed by atoms with E-state index in [0.29, 0.717) is 36.5 Å². The minimum Gasteiger partial charge on any atom is -0.492 e. The second-order valence-electron chi connectivity index (χ2n) is 7.46. The SMILES string of the molecule is COCC(F)(F)c1cccc2c1CC[C@H]2Oc1ccc2c(c1)OCC2CC(=O)O. The molecule has 0 fully saturated rings. The zero-order valence-corrected chi connectivity index (χ0v) is 16.0. The third-order valence-electron chi connectivity index (χ3n) is 5.50. The maximum Gasteiger partial charge on any atom is 0.304 e. The highest BCUT2D eigenvalue weighted by Gasteiger charge is 2.38. The Morgan fingerprint density at radius 1 is 1.28 bits per heavy atom. The average Bonchev–Trinajstić information content (AvgIpc) is 3.25. The predicted molar refractivity (Wildman–Crippen MR) is 101 cm³/mol. The Hall–Kier alpha value is -2.67. The average molecular weight is 404 g/mol. The number of carbonyl (C=O) groups is 1. The number of hydrogen-bond acceptors (Lipinski definition) is 4. The summed E-state index contributed by atoms with van der Waals surface area (Å²) in [4.78, 5) is 11.0. The van der Waals surface area contributed by atoms with Crippen LogP contribution in [0.15, 0.2) is 36.4 Å². The van der Waals surface area contributed by atoms with Crippen LogP contribution in [0.4, 0.5) is 8.78 Å². The van der Waals surface area contributed by atoms with Crippen LogP contribution in [0.2, 0.25) is 0 Å². The Morgan fingerprint density at radius 3 is 2.86 bits per heavy atom. The molecular formula is C22H22F2O5. The Labute approximate surface area is 167 Å². The highest BCUT2D eigenvalue weighted by molar-refractivity contribution is 5.68. The van der Waals surface area contributed by atoms with Crippen LogP contribution in [-0.2, 0) is 21.9 Å². The van der Waals surface area contributed by atoms with Crippen molar-refractivity contribution in [2.75, 3.05) is 20.3 Å². The van der Waals surface area contributed by atoms with Gasteiger partial charge in [-0.2, -0.15) is 8.78 Å². The summed E-state index contributed by atoms with van der Waals surface area (Å²) in [5, 5.41) is 9.01. The van der Waals surface area contributed by atoms with Gasteiger partial charge in [-0.05, 0) is 30.0 Å². The quantitative estimate of drug-likeness (QED) is 0.739. The molecule has 29 heavy (non-hydrogen) atoms. The molecule has 1 aliphatic carbocycles. The number of methoxy groups -OCH3 is 1. The molecule has 0 aromatic heterocycles. The first-order chi connectivity index (χ1) is 13.9. The Balaban J connectivity index is 1.54. The monoisotopic (exact) mass is 404 g/mol. The van der Waals surface area contributed by atoms with E-state index in [1.807, 2.05) is 12.1 Å². The highest BCUT2D eigenvalue weighted by Crippen LogP contribution is 2.43. The van der Waals surface area contributed by atoms with Gasteiger partial charge >= 0.3 is 5.97 Å². The molecule has 0 saturated heterocycles. The third-order valence-corrected chi connectivity index (χ3v) is 5.50. The highest BCUT2D eigenvalue weighted by atomic mass is 19.3. The van der Waals surface area contributed by atoms with Gasteiger partial charge in [0.05, 0.1) is 13.0 Å². The molecule has 2 atom stereocenters. The maximum atomic E-state index is 14.4. The molecule has 0 radical (unpaired) electrons. The van der Waals surface area contributed by atoms with E-state index in [9.17, 15) is 13.6 Å². The first-order valence-electron chi connectivity index (χ1n) is 9.53. The van der Waals surface area contributed by atoms with Crippen LogP contribution in [0.1, 0.15) is 47.1 Å². The lowest BCUT2D eigenvalue weighted by Crippen LogP contribution is -2.22. The number of rotatable bonds is 7. The Bertz CT molecular complexity index is 927. The van der Waals surface area contributed by atoms with Gasteiger partial charge in [-0.1, -0.05) is 24.3 Å². The molecule has 5 nitrogen and oxygen atoms in total. The molecule has 154 valence electrons. The van der Waals surface area contributed by atoms with E-state index in [0.717, 1.165) is 11.1 Å². The van der Waals surface area contributed by atoms with Gasteiger partial charge in [-0.15, -0.1) is 0 Å². The van der Waals surface area contributed by atoms with Crippen molar-refractivity contribution in [1.82, 2.24) is 0 Å². The van der Waals surface area contributed by atoms with E-state index in [4.69, 9.17) is 14.6 Å². The van der Waals surface area contributed by atoms with Crippen molar-refractivity contribution in [1.29, 1.82) is 0 Å². The summed E-state index contributed by atoms with van der Waals surface area (Å²) in [6, 6.07) is 10.3. The first-order valence-corrected chi connectivity index (χ1v) is 9.53. The second-order valence-corrected chi connectivity index (χ2v) is 7.46. The number of ether oxygens (including phenoxy) is 3. The van der Waals surface area contributed by atoms with Gasteiger partial charge in [0.25, 0.3) is 5.92 Å². The van der Waals surface area contributed by atoms with Crippen molar-refractivity contribution in [3.8, 4) is 11.5 Å². The minimum absolute atomic E-state index is 0.00301. The number of carboxylic acid groups (broad SMARTS) is 1. The van der Waals surface area contributed by atoms with E-state index in [1.165, 1.54) is 13.2 Å². The summed E-state index contributed by atoms with van der Waals surface area (Å²) >= 11 is 0. The summed E-state index contributed by atoms with van der Waals surface area (Å²) in [5.41, 5.74) is 2.24. The second kappa shape index (κ2) is 7.63. The maximum absolute atomic E-state index is 14.4. The van der Waals surface area contributed by atoms with E-state index in [-0.39, 0.29) is 24.0 Å². The minimum atomic E-state index is -3.05. The fraction of sp³-hybridized carbons (Fsp3) is 0.409. The number of aliphatic carboxylic acids is 1. The normalized spacial score (nSPS) is 20.1. The number of hydrogen-bond donors (Lipinski definition) is 1. The van der Waals surface area contributed by atoms with Gasteiger partial charge in [0.1, 0.15) is 24.2 Å². The summed E-state index contributed by atoms with van der Waals surface area (Å²) < 4.78 is 45.2. The van der Waals surface area contributed by atoms with Gasteiger partial charge in [0.2, 0.25) is 0 Å². The molecule has 0 bridgehead atoms. The Morgan fingerprint density at radius 2 is 2.10 bits per heavy atom. The van der Waals surface area contributed by atoms with E-state index in [2.05, 4.69) is 4.74 Å². The van der Waals surface area contributed by atoms with Crippen LogP contribution in [0.3, 0.4) is 0 Å². The van der Waals surface area contributed by atoms with Gasteiger partial charge in [-0.3, -0.25) is 4.79 Å². The molecule has 4 rings (SSSR count). The largest absolute Gasteiger partial charge is 0.492 e. The lowest BCUT2D eigenvalue weighted by Gasteiger charge is -2.20. The van der Waals surface area contributed by atoms with E-state index >= 15 is 0 Å². The topological polar surface area (TPSA) is 65.0 Å². The number of benzene rings is 2. The number of alkyl halides is 2. The van der Waals surface area contributed by atoms with Crippen molar-refractivity contribution < 1.29 is 32.9 Å². The zero-order chi connectivity index (χ0) is 20.6. The number of halogens is 2. The van der Waals surface area contributed by atoms with Crippen molar-refractivity contribution in [3.63, 3.8) is 0 Å². The number of fused-ring (bicyclic) bond motifs is 2. The first kappa shape index (κ1) is 19.6.